The molecule has 0 unspecified atom stereocenters. The van der Waals surface area contributed by atoms with Crippen molar-refractivity contribution in [3.05, 3.63) is 90.0 Å². The highest BCUT2D eigenvalue weighted by atomic mass is 35.5. The van der Waals surface area contributed by atoms with E-state index in [1.807, 2.05) is 18.5 Å². The van der Waals surface area contributed by atoms with Gasteiger partial charge in [-0.2, -0.15) is 0 Å². The van der Waals surface area contributed by atoms with Gasteiger partial charge in [-0.15, -0.1) is 12.4 Å². The van der Waals surface area contributed by atoms with E-state index in [1.165, 1.54) is 16.5 Å². The summed E-state index contributed by atoms with van der Waals surface area (Å²) in [5.41, 5.74) is 4.47. The fraction of sp³-hybridized carbons (Fsp3) is 0.0870. The zero-order valence-electron chi connectivity index (χ0n) is 14.9. The first-order chi connectivity index (χ1) is 12.8. The molecule has 0 aliphatic rings. The quantitative estimate of drug-likeness (QED) is 0.376. The number of hydrogen-bond acceptors (Lipinski definition) is 3. The molecule has 3 nitrogen and oxygen atoms in total. The van der Waals surface area contributed by atoms with E-state index >= 15 is 0 Å². The van der Waals surface area contributed by atoms with Crippen molar-refractivity contribution in [2.24, 2.45) is 0 Å². The molecule has 4 heteroatoms. The average Bonchev–Trinajstić information content (AvgIpc) is 2.69. The number of aryl methyl sites for hydroxylation is 1. The van der Waals surface area contributed by atoms with Crippen LogP contribution >= 0.6 is 12.4 Å². The maximum absolute atomic E-state index is 4.94. The summed E-state index contributed by atoms with van der Waals surface area (Å²) in [5.74, 6) is 0.840. The zero-order chi connectivity index (χ0) is 17.5. The molecule has 5 aromatic rings. The molecular formula is C23H18ClN3. The minimum absolute atomic E-state index is 0. The molecule has 0 saturated heterocycles. The van der Waals surface area contributed by atoms with Crippen molar-refractivity contribution in [3.8, 4) is 0 Å². The Bertz CT molecular complexity index is 1280. The summed E-state index contributed by atoms with van der Waals surface area (Å²) in [6, 6.07) is 20.8. The third-order valence-corrected chi connectivity index (χ3v) is 4.96. The van der Waals surface area contributed by atoms with Crippen LogP contribution in [0.5, 0.6) is 0 Å². The summed E-state index contributed by atoms with van der Waals surface area (Å²) in [4.78, 5) is 14.2. The minimum atomic E-state index is 0. The van der Waals surface area contributed by atoms with Gasteiger partial charge in [-0.05, 0) is 35.6 Å². The molecule has 27 heavy (non-hydrogen) atoms. The van der Waals surface area contributed by atoms with Gasteiger partial charge in [-0.25, -0.2) is 9.97 Å². The van der Waals surface area contributed by atoms with E-state index in [2.05, 4.69) is 71.5 Å². The monoisotopic (exact) mass is 371 g/mol. The van der Waals surface area contributed by atoms with Gasteiger partial charge in [-0.1, -0.05) is 48.5 Å². The number of fused-ring (bicyclic) bond motifs is 5. The zero-order valence-corrected chi connectivity index (χ0v) is 15.7. The predicted octanol–water partition coefficient (Wildman–Crippen LogP) is 5.65. The van der Waals surface area contributed by atoms with E-state index in [0.29, 0.717) is 0 Å². The molecule has 0 radical (unpaired) electrons. The Balaban J connectivity index is 0.00000180. The SMILES string of the molecule is Cc1ccccc1Cc1ncc2ccc3ncc4ccccc4c3c2n1.Cl. The smallest absolute Gasteiger partial charge is 0.133 e. The minimum Gasteiger partial charge on any atom is -0.256 e. The Morgan fingerprint density at radius 1 is 0.778 bits per heavy atom. The highest BCUT2D eigenvalue weighted by molar-refractivity contribution is 6.17. The lowest BCUT2D eigenvalue weighted by Crippen LogP contribution is -1.99. The lowest BCUT2D eigenvalue weighted by Gasteiger charge is -2.09. The molecule has 0 atom stereocenters. The molecule has 0 N–H and O–H groups in total. The van der Waals surface area contributed by atoms with Crippen molar-refractivity contribution in [3.63, 3.8) is 0 Å². The second kappa shape index (κ2) is 6.93. The van der Waals surface area contributed by atoms with E-state index in [-0.39, 0.29) is 12.4 Å². The Morgan fingerprint density at radius 3 is 2.44 bits per heavy atom. The third-order valence-electron chi connectivity index (χ3n) is 4.96. The molecule has 0 bridgehead atoms. The number of aromatic nitrogens is 3. The predicted molar refractivity (Wildman–Crippen MR) is 114 cm³/mol. The van der Waals surface area contributed by atoms with Crippen molar-refractivity contribution in [1.82, 2.24) is 15.0 Å². The van der Waals surface area contributed by atoms with Gasteiger partial charge >= 0.3 is 0 Å². The second-order valence-corrected chi connectivity index (χ2v) is 6.63. The van der Waals surface area contributed by atoms with E-state index in [4.69, 9.17) is 4.98 Å². The maximum Gasteiger partial charge on any atom is 0.133 e. The number of rotatable bonds is 2. The fourth-order valence-electron chi connectivity index (χ4n) is 3.54. The number of pyridine rings is 1. The van der Waals surface area contributed by atoms with Crippen LogP contribution in [0, 0.1) is 6.92 Å². The largest absolute Gasteiger partial charge is 0.256 e. The summed E-state index contributed by atoms with van der Waals surface area (Å²) in [6.07, 6.45) is 4.59. The molecule has 0 fully saturated rings. The van der Waals surface area contributed by atoms with E-state index in [1.54, 1.807) is 0 Å². The lowest BCUT2D eigenvalue weighted by molar-refractivity contribution is 0.985. The van der Waals surface area contributed by atoms with Crippen LogP contribution < -0.4 is 0 Å². The molecule has 2 heterocycles. The van der Waals surface area contributed by atoms with Gasteiger partial charge in [0.15, 0.2) is 0 Å². The third kappa shape index (κ3) is 3.00. The van der Waals surface area contributed by atoms with Crippen molar-refractivity contribution >= 4 is 45.0 Å². The van der Waals surface area contributed by atoms with E-state index in [9.17, 15) is 0 Å². The summed E-state index contributed by atoms with van der Waals surface area (Å²) < 4.78 is 0. The molecule has 0 amide bonds. The molecule has 0 aliphatic carbocycles. The average molecular weight is 372 g/mol. The van der Waals surface area contributed by atoms with Crippen molar-refractivity contribution in [2.75, 3.05) is 0 Å². The van der Waals surface area contributed by atoms with Gasteiger partial charge in [0.1, 0.15) is 5.82 Å². The molecule has 3 aromatic carbocycles. The second-order valence-electron chi connectivity index (χ2n) is 6.63. The van der Waals surface area contributed by atoms with Crippen molar-refractivity contribution < 1.29 is 0 Å². The Labute approximate surface area is 163 Å². The summed E-state index contributed by atoms with van der Waals surface area (Å²) in [6.45, 7) is 2.13. The van der Waals surface area contributed by atoms with Gasteiger partial charge < -0.3 is 0 Å². The Kier molecular flexibility index (Phi) is 4.46. The van der Waals surface area contributed by atoms with E-state index in [0.717, 1.165) is 39.4 Å². The van der Waals surface area contributed by atoms with Gasteiger partial charge in [0.2, 0.25) is 0 Å². The van der Waals surface area contributed by atoms with Gasteiger partial charge in [0.25, 0.3) is 0 Å². The molecule has 0 saturated carbocycles. The normalized spacial score (nSPS) is 11.0. The lowest BCUT2D eigenvalue weighted by atomic mass is 10.0. The fourth-order valence-corrected chi connectivity index (χ4v) is 3.54. The van der Waals surface area contributed by atoms with Crippen LogP contribution in [0.2, 0.25) is 0 Å². The van der Waals surface area contributed by atoms with Crippen LogP contribution in [0.15, 0.2) is 73.1 Å². The number of hydrogen-bond donors (Lipinski definition) is 0. The Morgan fingerprint density at radius 2 is 1.56 bits per heavy atom. The van der Waals surface area contributed by atoms with Gasteiger partial charge in [0, 0.05) is 35.0 Å². The highest BCUT2D eigenvalue weighted by Gasteiger charge is 2.10. The van der Waals surface area contributed by atoms with Crippen LogP contribution in [0.1, 0.15) is 17.0 Å². The topological polar surface area (TPSA) is 38.7 Å². The number of halogens is 1. The molecule has 0 spiro atoms. The number of nitrogens with zero attached hydrogens (tertiary/aromatic N) is 3. The van der Waals surface area contributed by atoms with Crippen LogP contribution in [0.3, 0.4) is 0 Å². The maximum atomic E-state index is 4.94. The van der Waals surface area contributed by atoms with Gasteiger partial charge in [-0.3, -0.25) is 4.98 Å². The van der Waals surface area contributed by atoms with Crippen LogP contribution in [-0.4, -0.2) is 15.0 Å². The van der Waals surface area contributed by atoms with Crippen molar-refractivity contribution in [2.45, 2.75) is 13.3 Å². The van der Waals surface area contributed by atoms with Crippen LogP contribution in [-0.2, 0) is 6.42 Å². The first-order valence-corrected chi connectivity index (χ1v) is 8.76. The van der Waals surface area contributed by atoms with Gasteiger partial charge in [0.05, 0.1) is 11.0 Å². The molecule has 0 aliphatic heterocycles. The first-order valence-electron chi connectivity index (χ1n) is 8.76. The molecule has 132 valence electrons. The molecule has 5 rings (SSSR count). The van der Waals surface area contributed by atoms with E-state index < -0.39 is 0 Å². The Hall–Kier alpha value is -3.04. The standard InChI is InChI=1S/C23H17N3.ClH/c1-15-6-2-3-7-16(15)12-21-25-14-18-10-11-20-22(23(18)26-21)19-9-5-4-8-17(19)13-24-20;/h2-11,13-14H,12H2,1H3;1H. The first kappa shape index (κ1) is 17.4. The van der Waals surface area contributed by atoms with Crippen LogP contribution in [0.25, 0.3) is 32.6 Å². The molecule has 2 aromatic heterocycles. The van der Waals surface area contributed by atoms with Crippen molar-refractivity contribution in [1.29, 1.82) is 0 Å². The summed E-state index contributed by atoms with van der Waals surface area (Å²) >= 11 is 0. The summed E-state index contributed by atoms with van der Waals surface area (Å²) in [5, 5.41) is 4.47. The number of benzene rings is 3. The van der Waals surface area contributed by atoms with Crippen LogP contribution in [0.4, 0.5) is 0 Å². The summed E-state index contributed by atoms with van der Waals surface area (Å²) in [7, 11) is 0. The molecular weight excluding hydrogens is 354 g/mol. The highest BCUT2D eigenvalue weighted by Crippen LogP contribution is 2.29.